The number of benzene rings is 2. The Kier molecular flexibility index (Phi) is 4.89. The van der Waals surface area contributed by atoms with Gasteiger partial charge in [-0.3, -0.25) is 0 Å². The molecule has 3 nitrogen and oxygen atoms in total. The first-order valence-corrected chi connectivity index (χ1v) is 9.45. The van der Waals surface area contributed by atoms with Crippen molar-refractivity contribution < 1.29 is 4.39 Å². The maximum Gasteiger partial charge on any atom is 0.169 e. The van der Waals surface area contributed by atoms with Crippen molar-refractivity contribution in [2.45, 2.75) is 25.3 Å². The van der Waals surface area contributed by atoms with Crippen LogP contribution in [0.25, 0.3) is 10.9 Å². The fraction of sp³-hybridized carbons (Fsp3) is 0.286. The highest BCUT2D eigenvalue weighted by Crippen LogP contribution is 2.33. The number of aromatic amines is 1. The summed E-state index contributed by atoms with van der Waals surface area (Å²) >= 11 is 5.55. The molecule has 0 unspecified atom stereocenters. The maximum absolute atomic E-state index is 13.0. The van der Waals surface area contributed by atoms with Crippen molar-refractivity contribution in [1.82, 2.24) is 15.2 Å². The predicted octanol–water partition coefficient (Wildman–Crippen LogP) is 4.56. The smallest absolute Gasteiger partial charge is 0.169 e. The lowest BCUT2D eigenvalue weighted by molar-refractivity contribution is 0.310. The lowest BCUT2D eigenvalue weighted by atomic mass is 9.89. The van der Waals surface area contributed by atoms with E-state index in [-0.39, 0.29) is 5.82 Å². The van der Waals surface area contributed by atoms with E-state index >= 15 is 0 Å². The third-order valence-electron chi connectivity index (χ3n) is 5.20. The number of likely N-dealkylation sites (tertiary alicyclic amines) is 1. The zero-order chi connectivity index (χ0) is 17.9. The number of hydrogen-bond acceptors (Lipinski definition) is 1. The summed E-state index contributed by atoms with van der Waals surface area (Å²) in [5.74, 6) is 0.359. The molecule has 1 saturated heterocycles. The molecule has 2 aromatic carbocycles. The number of fused-ring (bicyclic) bond motifs is 1. The Morgan fingerprint density at radius 1 is 1.12 bits per heavy atom. The van der Waals surface area contributed by atoms with Crippen LogP contribution in [0.3, 0.4) is 0 Å². The second kappa shape index (κ2) is 7.46. The van der Waals surface area contributed by atoms with Crippen LogP contribution in [0.5, 0.6) is 0 Å². The van der Waals surface area contributed by atoms with Crippen LogP contribution in [0.4, 0.5) is 4.39 Å². The molecule has 4 rings (SSSR count). The van der Waals surface area contributed by atoms with Crippen LogP contribution < -0.4 is 5.32 Å². The predicted molar refractivity (Wildman–Crippen MR) is 108 cm³/mol. The molecule has 134 valence electrons. The normalized spacial score (nSPS) is 15.3. The molecule has 0 amide bonds. The van der Waals surface area contributed by atoms with Crippen LogP contribution in [0.15, 0.2) is 54.7 Å². The molecular formula is C21H22FN3S. The first kappa shape index (κ1) is 17.0. The van der Waals surface area contributed by atoms with E-state index in [0.717, 1.165) is 36.6 Å². The Bertz CT molecular complexity index is 895. The Labute approximate surface area is 158 Å². The first-order chi connectivity index (χ1) is 12.7. The van der Waals surface area contributed by atoms with Gasteiger partial charge in [0.15, 0.2) is 5.11 Å². The second-order valence-corrected chi connectivity index (χ2v) is 7.22. The lowest BCUT2D eigenvalue weighted by Crippen LogP contribution is -2.43. The minimum absolute atomic E-state index is 0.212. The van der Waals surface area contributed by atoms with Gasteiger partial charge in [0.1, 0.15) is 5.82 Å². The fourth-order valence-electron chi connectivity index (χ4n) is 3.72. The van der Waals surface area contributed by atoms with E-state index in [1.54, 1.807) is 12.1 Å². The Morgan fingerprint density at radius 2 is 1.85 bits per heavy atom. The number of hydrogen-bond donors (Lipinski definition) is 2. The number of nitrogens with zero attached hydrogens (tertiary/aromatic N) is 1. The lowest BCUT2D eigenvalue weighted by Gasteiger charge is -2.34. The Balaban J connectivity index is 1.33. The summed E-state index contributed by atoms with van der Waals surface area (Å²) in [5.41, 5.74) is 3.66. The van der Waals surface area contributed by atoms with E-state index in [2.05, 4.69) is 45.7 Å². The van der Waals surface area contributed by atoms with Gasteiger partial charge in [-0.25, -0.2) is 4.39 Å². The van der Waals surface area contributed by atoms with Gasteiger partial charge in [0.2, 0.25) is 0 Å². The van der Waals surface area contributed by atoms with Crippen LogP contribution in [-0.4, -0.2) is 28.1 Å². The van der Waals surface area contributed by atoms with E-state index in [0.29, 0.717) is 12.5 Å². The summed E-state index contributed by atoms with van der Waals surface area (Å²) in [6.07, 6.45) is 4.36. The second-order valence-electron chi connectivity index (χ2n) is 6.84. The molecule has 0 bridgehead atoms. The molecule has 0 spiro atoms. The van der Waals surface area contributed by atoms with Gasteiger partial charge in [0.05, 0.1) is 0 Å². The minimum Gasteiger partial charge on any atom is -0.361 e. The molecule has 0 aliphatic carbocycles. The molecule has 1 aliphatic rings. The standard InChI is InChI=1S/C21H22FN3S/c22-17-7-5-15(6-8-17)13-24-21(26)25-11-9-16(10-12-25)19-14-23-20-4-2-1-3-18(19)20/h1-8,14,16,23H,9-13H2,(H,24,26). The van der Waals surface area contributed by atoms with Gasteiger partial charge in [-0.2, -0.15) is 0 Å². The van der Waals surface area contributed by atoms with Gasteiger partial charge in [-0.1, -0.05) is 30.3 Å². The number of thiocarbonyl (C=S) groups is 1. The van der Waals surface area contributed by atoms with Crippen LogP contribution in [0.1, 0.15) is 29.9 Å². The molecule has 26 heavy (non-hydrogen) atoms. The van der Waals surface area contributed by atoms with Crippen molar-refractivity contribution in [3.63, 3.8) is 0 Å². The number of aromatic nitrogens is 1. The Hall–Kier alpha value is -2.40. The molecule has 2 N–H and O–H groups in total. The summed E-state index contributed by atoms with van der Waals surface area (Å²) in [7, 11) is 0. The van der Waals surface area contributed by atoms with Crippen molar-refractivity contribution in [3.8, 4) is 0 Å². The fourth-order valence-corrected chi connectivity index (χ4v) is 3.97. The average Bonchev–Trinajstić information content (AvgIpc) is 3.11. The largest absolute Gasteiger partial charge is 0.361 e. The number of H-pyrrole nitrogens is 1. The van der Waals surface area contributed by atoms with Crippen molar-refractivity contribution in [2.24, 2.45) is 0 Å². The van der Waals surface area contributed by atoms with Gasteiger partial charge >= 0.3 is 0 Å². The molecule has 1 aromatic heterocycles. The molecule has 5 heteroatoms. The van der Waals surface area contributed by atoms with Crippen LogP contribution in [0.2, 0.25) is 0 Å². The van der Waals surface area contributed by atoms with Gasteiger partial charge in [0.25, 0.3) is 0 Å². The summed E-state index contributed by atoms with van der Waals surface area (Å²) < 4.78 is 13.0. The highest BCUT2D eigenvalue weighted by atomic mass is 32.1. The van der Waals surface area contributed by atoms with E-state index in [4.69, 9.17) is 12.2 Å². The van der Waals surface area contributed by atoms with E-state index in [1.165, 1.54) is 28.6 Å². The van der Waals surface area contributed by atoms with Crippen molar-refractivity contribution >= 4 is 28.2 Å². The first-order valence-electron chi connectivity index (χ1n) is 9.04. The zero-order valence-corrected chi connectivity index (χ0v) is 15.4. The number of piperidine rings is 1. The monoisotopic (exact) mass is 367 g/mol. The molecule has 0 atom stereocenters. The van der Waals surface area contributed by atoms with Gasteiger partial charge in [-0.05, 0) is 60.3 Å². The summed E-state index contributed by atoms with van der Waals surface area (Å²) in [5, 5.41) is 5.42. The van der Waals surface area contributed by atoms with E-state index < -0.39 is 0 Å². The molecule has 1 aliphatic heterocycles. The summed E-state index contributed by atoms with van der Waals surface area (Å²) in [6.45, 7) is 2.54. The van der Waals surface area contributed by atoms with Crippen molar-refractivity contribution in [3.05, 3.63) is 71.7 Å². The number of nitrogens with one attached hydrogen (secondary N) is 2. The van der Waals surface area contributed by atoms with Crippen LogP contribution in [0, 0.1) is 5.82 Å². The molecule has 0 saturated carbocycles. The van der Waals surface area contributed by atoms with Gasteiger partial charge < -0.3 is 15.2 Å². The third kappa shape index (κ3) is 3.58. The van der Waals surface area contributed by atoms with Gasteiger partial charge in [-0.15, -0.1) is 0 Å². The number of rotatable bonds is 3. The summed E-state index contributed by atoms with van der Waals surface area (Å²) in [6, 6.07) is 15.0. The molecule has 0 radical (unpaired) electrons. The van der Waals surface area contributed by atoms with Gasteiger partial charge in [0, 0.05) is 36.7 Å². The molecule has 3 aromatic rings. The van der Waals surface area contributed by atoms with E-state index in [1.807, 2.05) is 0 Å². The van der Waals surface area contributed by atoms with Crippen LogP contribution in [-0.2, 0) is 6.54 Å². The SMILES string of the molecule is Fc1ccc(CNC(=S)N2CCC(c3c[nH]c4ccccc34)CC2)cc1. The van der Waals surface area contributed by atoms with Crippen molar-refractivity contribution in [1.29, 1.82) is 0 Å². The summed E-state index contributed by atoms with van der Waals surface area (Å²) in [4.78, 5) is 5.62. The Morgan fingerprint density at radius 3 is 2.62 bits per heavy atom. The highest BCUT2D eigenvalue weighted by molar-refractivity contribution is 7.80. The number of halogens is 1. The maximum atomic E-state index is 13.0. The third-order valence-corrected chi connectivity index (χ3v) is 5.60. The number of para-hydroxylation sites is 1. The van der Waals surface area contributed by atoms with Crippen molar-refractivity contribution in [2.75, 3.05) is 13.1 Å². The van der Waals surface area contributed by atoms with Crippen LogP contribution >= 0.6 is 12.2 Å². The zero-order valence-electron chi connectivity index (χ0n) is 14.5. The van der Waals surface area contributed by atoms with E-state index in [9.17, 15) is 4.39 Å². The molecule has 2 heterocycles. The average molecular weight is 367 g/mol. The molecule has 1 fully saturated rings. The topological polar surface area (TPSA) is 31.1 Å². The minimum atomic E-state index is -0.212. The molecular weight excluding hydrogens is 345 g/mol. The highest BCUT2D eigenvalue weighted by Gasteiger charge is 2.23. The quantitative estimate of drug-likeness (QED) is 0.666.